The Kier molecular flexibility index (Phi) is 5.62. The highest BCUT2D eigenvalue weighted by atomic mass is 32.1. The Morgan fingerprint density at radius 3 is 2.81 bits per heavy atom. The van der Waals surface area contributed by atoms with Crippen molar-refractivity contribution in [2.45, 2.75) is 19.3 Å². The van der Waals surface area contributed by atoms with Crippen molar-refractivity contribution >= 4 is 34.2 Å². The molecule has 3 amide bonds. The van der Waals surface area contributed by atoms with E-state index in [1.165, 1.54) is 11.3 Å². The van der Waals surface area contributed by atoms with Gasteiger partial charge in [-0.25, -0.2) is 4.98 Å². The van der Waals surface area contributed by atoms with Gasteiger partial charge in [-0.15, -0.1) is 11.3 Å². The zero-order valence-electron chi connectivity index (χ0n) is 14.2. The van der Waals surface area contributed by atoms with Crippen LogP contribution in [0.25, 0.3) is 0 Å². The number of aromatic nitrogens is 1. The van der Waals surface area contributed by atoms with Crippen LogP contribution in [0.3, 0.4) is 0 Å². The van der Waals surface area contributed by atoms with Crippen molar-refractivity contribution in [3.63, 3.8) is 0 Å². The Bertz CT molecular complexity index is 806. The highest BCUT2D eigenvalue weighted by Gasteiger charge is 2.34. The van der Waals surface area contributed by atoms with Gasteiger partial charge in [0.15, 0.2) is 5.13 Å². The van der Waals surface area contributed by atoms with Crippen molar-refractivity contribution < 1.29 is 14.4 Å². The van der Waals surface area contributed by atoms with E-state index in [0.717, 1.165) is 12.0 Å². The quantitative estimate of drug-likeness (QED) is 0.762. The molecule has 0 aliphatic carbocycles. The molecule has 26 heavy (non-hydrogen) atoms. The number of carbonyl (C=O) groups is 3. The van der Waals surface area contributed by atoms with Crippen LogP contribution in [0, 0.1) is 5.92 Å². The number of thiazole rings is 1. The van der Waals surface area contributed by atoms with Crippen molar-refractivity contribution in [3.8, 4) is 0 Å². The Morgan fingerprint density at radius 1 is 1.31 bits per heavy atom. The van der Waals surface area contributed by atoms with Gasteiger partial charge in [-0.2, -0.15) is 0 Å². The minimum Gasteiger partial charge on any atom is -0.369 e. The molecule has 1 aromatic carbocycles. The van der Waals surface area contributed by atoms with Crippen LogP contribution in [0.1, 0.15) is 17.7 Å². The van der Waals surface area contributed by atoms with E-state index in [9.17, 15) is 14.4 Å². The van der Waals surface area contributed by atoms with Gasteiger partial charge in [0.25, 0.3) is 0 Å². The Balaban J connectivity index is 1.51. The summed E-state index contributed by atoms with van der Waals surface area (Å²) in [7, 11) is 0. The molecule has 1 aliphatic heterocycles. The zero-order chi connectivity index (χ0) is 18.5. The molecule has 0 unspecified atom stereocenters. The standard InChI is InChI=1S/C18H20N4O3S/c19-15(23)9-14-11-26-18(20-14)21-17(25)13-8-16(24)22(10-13)7-6-12-4-2-1-3-5-12/h1-5,11,13H,6-10H2,(H2,19,23)(H,20,21,25)/t13-/m0/s1. The molecule has 8 heteroatoms. The molecule has 1 saturated heterocycles. The van der Waals surface area contributed by atoms with E-state index in [1.54, 1.807) is 10.3 Å². The van der Waals surface area contributed by atoms with Crippen molar-refractivity contribution in [1.82, 2.24) is 9.88 Å². The fraction of sp³-hybridized carbons (Fsp3) is 0.333. The number of anilines is 1. The van der Waals surface area contributed by atoms with Crippen molar-refractivity contribution in [3.05, 3.63) is 47.0 Å². The lowest BCUT2D eigenvalue weighted by Crippen LogP contribution is -2.30. The summed E-state index contributed by atoms with van der Waals surface area (Å²) in [6, 6.07) is 9.95. The molecule has 1 aliphatic rings. The van der Waals surface area contributed by atoms with E-state index < -0.39 is 5.91 Å². The maximum Gasteiger partial charge on any atom is 0.231 e. The second kappa shape index (κ2) is 8.09. The Labute approximate surface area is 155 Å². The van der Waals surface area contributed by atoms with Crippen molar-refractivity contribution in [2.24, 2.45) is 11.7 Å². The fourth-order valence-electron chi connectivity index (χ4n) is 2.90. The van der Waals surface area contributed by atoms with E-state index >= 15 is 0 Å². The number of rotatable bonds is 7. The van der Waals surface area contributed by atoms with Gasteiger partial charge in [-0.05, 0) is 12.0 Å². The maximum absolute atomic E-state index is 12.4. The van der Waals surface area contributed by atoms with Gasteiger partial charge >= 0.3 is 0 Å². The lowest BCUT2D eigenvalue weighted by Gasteiger charge is -2.16. The van der Waals surface area contributed by atoms with Gasteiger partial charge in [0, 0.05) is 24.9 Å². The van der Waals surface area contributed by atoms with Gasteiger partial charge < -0.3 is 16.0 Å². The first-order chi connectivity index (χ1) is 12.5. The molecule has 0 spiro atoms. The first kappa shape index (κ1) is 18.1. The number of benzene rings is 1. The van der Waals surface area contributed by atoms with Crippen LogP contribution in [0.5, 0.6) is 0 Å². The molecule has 1 atom stereocenters. The first-order valence-corrected chi connectivity index (χ1v) is 9.24. The average molecular weight is 372 g/mol. The SMILES string of the molecule is NC(=O)Cc1csc(NC(=O)[C@H]2CC(=O)N(CCc3ccccc3)C2)n1. The number of carbonyl (C=O) groups excluding carboxylic acids is 3. The number of hydrogen-bond donors (Lipinski definition) is 2. The van der Waals surface area contributed by atoms with Crippen LogP contribution in [0.2, 0.25) is 0 Å². The summed E-state index contributed by atoms with van der Waals surface area (Å²) in [5, 5.41) is 4.83. The first-order valence-electron chi connectivity index (χ1n) is 8.36. The summed E-state index contributed by atoms with van der Waals surface area (Å²) < 4.78 is 0. The van der Waals surface area contributed by atoms with Gasteiger partial charge in [0.05, 0.1) is 18.0 Å². The second-order valence-electron chi connectivity index (χ2n) is 6.25. The van der Waals surface area contributed by atoms with Crippen LogP contribution < -0.4 is 11.1 Å². The van der Waals surface area contributed by atoms with E-state index in [4.69, 9.17) is 5.73 Å². The molecule has 0 radical (unpaired) electrons. The van der Waals surface area contributed by atoms with E-state index in [2.05, 4.69) is 10.3 Å². The molecule has 7 nitrogen and oxygen atoms in total. The van der Waals surface area contributed by atoms with Gasteiger partial charge in [0.2, 0.25) is 17.7 Å². The van der Waals surface area contributed by atoms with E-state index in [-0.39, 0.29) is 30.6 Å². The Morgan fingerprint density at radius 2 is 2.08 bits per heavy atom. The number of nitrogens with zero attached hydrogens (tertiary/aromatic N) is 2. The minimum atomic E-state index is -0.469. The third kappa shape index (κ3) is 4.66. The van der Waals surface area contributed by atoms with Crippen LogP contribution in [0.15, 0.2) is 35.7 Å². The molecular weight excluding hydrogens is 352 g/mol. The molecule has 2 aromatic rings. The van der Waals surface area contributed by atoms with Crippen LogP contribution in [-0.2, 0) is 27.2 Å². The van der Waals surface area contributed by atoms with Crippen molar-refractivity contribution in [2.75, 3.05) is 18.4 Å². The molecule has 0 bridgehead atoms. The number of nitrogens with one attached hydrogen (secondary N) is 1. The summed E-state index contributed by atoms with van der Waals surface area (Å²) in [5.74, 6) is -1.08. The molecule has 2 heterocycles. The molecule has 1 aromatic heterocycles. The summed E-state index contributed by atoms with van der Waals surface area (Å²) in [5.41, 5.74) is 6.83. The molecular formula is C18H20N4O3S. The predicted molar refractivity (Wildman–Crippen MR) is 98.5 cm³/mol. The second-order valence-corrected chi connectivity index (χ2v) is 7.11. The highest BCUT2D eigenvalue weighted by molar-refractivity contribution is 7.13. The third-order valence-corrected chi connectivity index (χ3v) is 5.04. The summed E-state index contributed by atoms with van der Waals surface area (Å²) in [4.78, 5) is 41.4. The number of nitrogens with two attached hydrogens (primary N) is 1. The predicted octanol–water partition coefficient (Wildman–Crippen LogP) is 1.20. The topological polar surface area (TPSA) is 105 Å². The molecule has 136 valence electrons. The van der Waals surface area contributed by atoms with Gasteiger partial charge in [-0.1, -0.05) is 30.3 Å². The number of hydrogen-bond acceptors (Lipinski definition) is 5. The normalized spacial score (nSPS) is 16.7. The monoisotopic (exact) mass is 372 g/mol. The largest absolute Gasteiger partial charge is 0.369 e. The molecule has 3 rings (SSSR count). The lowest BCUT2D eigenvalue weighted by molar-refractivity contribution is -0.128. The lowest BCUT2D eigenvalue weighted by atomic mass is 10.1. The molecule has 3 N–H and O–H groups in total. The van der Waals surface area contributed by atoms with E-state index in [0.29, 0.717) is 23.9 Å². The number of amides is 3. The summed E-state index contributed by atoms with van der Waals surface area (Å²) in [6.45, 7) is 1.02. The summed E-state index contributed by atoms with van der Waals surface area (Å²) in [6.07, 6.45) is 1.02. The number of likely N-dealkylation sites (tertiary alicyclic amines) is 1. The van der Waals surface area contributed by atoms with Crippen LogP contribution in [0.4, 0.5) is 5.13 Å². The molecule has 0 saturated carbocycles. The minimum absolute atomic E-state index is 0.00497. The fourth-order valence-corrected chi connectivity index (χ4v) is 3.62. The van der Waals surface area contributed by atoms with Gasteiger partial charge in [-0.3, -0.25) is 14.4 Å². The average Bonchev–Trinajstić information content (AvgIpc) is 3.20. The van der Waals surface area contributed by atoms with Crippen LogP contribution in [-0.4, -0.2) is 40.7 Å². The zero-order valence-corrected chi connectivity index (χ0v) is 15.0. The number of primary amides is 1. The maximum atomic E-state index is 12.4. The smallest absolute Gasteiger partial charge is 0.231 e. The van der Waals surface area contributed by atoms with Gasteiger partial charge in [0.1, 0.15) is 0 Å². The van der Waals surface area contributed by atoms with Crippen LogP contribution >= 0.6 is 11.3 Å². The molecule has 1 fully saturated rings. The van der Waals surface area contributed by atoms with E-state index in [1.807, 2.05) is 30.3 Å². The third-order valence-electron chi connectivity index (χ3n) is 4.24. The van der Waals surface area contributed by atoms with Crippen molar-refractivity contribution in [1.29, 1.82) is 0 Å². The Hall–Kier alpha value is -2.74. The highest BCUT2D eigenvalue weighted by Crippen LogP contribution is 2.22. The summed E-state index contributed by atoms with van der Waals surface area (Å²) >= 11 is 1.24.